The third kappa shape index (κ3) is 8.35. The van der Waals surface area contributed by atoms with Crippen LogP contribution in [0, 0.1) is 0 Å². The lowest BCUT2D eigenvalue weighted by Gasteiger charge is -2.10. The van der Waals surface area contributed by atoms with E-state index < -0.39 is 0 Å². The standard InChI is InChI=1S/C14H20N2.C8H9Br/c15-14-9-5-4-8-13(16-14)11-10-12-6-2-1-3-7-12;9-7-6-8-4-2-1-3-5-8/h1-3,6-7,13H,4-5,8-11H2,(H2,15,16);1-5H,6-7H2. The van der Waals surface area contributed by atoms with Crippen LogP contribution in [0.3, 0.4) is 0 Å². The average molecular weight is 401 g/mol. The summed E-state index contributed by atoms with van der Waals surface area (Å²) in [6.45, 7) is 0. The molecule has 0 saturated heterocycles. The molecule has 0 amide bonds. The number of alkyl halides is 1. The van der Waals surface area contributed by atoms with Gasteiger partial charge in [-0.25, -0.2) is 0 Å². The fourth-order valence-electron chi connectivity index (χ4n) is 2.99. The van der Waals surface area contributed by atoms with Crippen LogP contribution >= 0.6 is 15.9 Å². The van der Waals surface area contributed by atoms with Gasteiger partial charge in [0.05, 0.1) is 11.9 Å². The Morgan fingerprint density at radius 1 is 0.880 bits per heavy atom. The maximum absolute atomic E-state index is 5.84. The number of nitrogens with two attached hydrogens (primary N) is 1. The van der Waals surface area contributed by atoms with Crippen LogP contribution < -0.4 is 5.73 Å². The Bertz CT molecular complexity index is 610. The lowest BCUT2D eigenvalue weighted by Crippen LogP contribution is -2.14. The molecular weight excluding hydrogens is 372 g/mol. The Hall–Kier alpha value is -1.61. The van der Waals surface area contributed by atoms with E-state index in [0.29, 0.717) is 6.04 Å². The summed E-state index contributed by atoms with van der Waals surface area (Å²) in [5.41, 5.74) is 8.64. The van der Waals surface area contributed by atoms with E-state index in [4.69, 9.17) is 5.73 Å². The molecule has 2 nitrogen and oxygen atoms in total. The van der Waals surface area contributed by atoms with Crippen LogP contribution in [0.4, 0.5) is 0 Å². The molecule has 0 bridgehead atoms. The van der Waals surface area contributed by atoms with E-state index in [0.717, 1.165) is 36.8 Å². The van der Waals surface area contributed by atoms with E-state index in [-0.39, 0.29) is 0 Å². The number of rotatable bonds is 5. The van der Waals surface area contributed by atoms with E-state index in [1.807, 2.05) is 6.07 Å². The highest BCUT2D eigenvalue weighted by Gasteiger charge is 2.11. The molecule has 0 fully saturated rings. The molecule has 0 spiro atoms. The van der Waals surface area contributed by atoms with Gasteiger partial charge in [0.15, 0.2) is 0 Å². The van der Waals surface area contributed by atoms with Gasteiger partial charge in [0.2, 0.25) is 0 Å². The molecule has 2 N–H and O–H groups in total. The molecule has 0 aromatic heterocycles. The summed E-state index contributed by atoms with van der Waals surface area (Å²) < 4.78 is 0. The minimum atomic E-state index is 0.447. The van der Waals surface area contributed by atoms with Gasteiger partial charge in [-0.3, -0.25) is 4.99 Å². The van der Waals surface area contributed by atoms with Gasteiger partial charge in [-0.05, 0) is 43.2 Å². The second kappa shape index (κ2) is 11.9. The molecule has 1 unspecified atom stereocenters. The highest BCUT2D eigenvalue weighted by Crippen LogP contribution is 2.17. The molecule has 25 heavy (non-hydrogen) atoms. The number of amidine groups is 1. The van der Waals surface area contributed by atoms with Crippen LogP contribution in [0.25, 0.3) is 0 Å². The summed E-state index contributed by atoms with van der Waals surface area (Å²) in [4.78, 5) is 4.59. The zero-order valence-corrected chi connectivity index (χ0v) is 16.5. The van der Waals surface area contributed by atoms with Crippen molar-refractivity contribution in [2.45, 2.75) is 51.0 Å². The summed E-state index contributed by atoms with van der Waals surface area (Å²) in [6.07, 6.45) is 8.03. The Labute approximate surface area is 160 Å². The smallest absolute Gasteiger partial charge is 0.0940 e. The van der Waals surface area contributed by atoms with Crippen LogP contribution in [-0.2, 0) is 12.8 Å². The first-order valence-electron chi connectivity index (χ1n) is 9.24. The molecule has 1 aliphatic rings. The second-order valence-corrected chi connectivity index (χ2v) is 7.26. The van der Waals surface area contributed by atoms with Crippen LogP contribution in [0.1, 0.15) is 43.2 Å². The first-order chi connectivity index (χ1) is 12.3. The normalized spacial score (nSPS) is 17.0. The van der Waals surface area contributed by atoms with E-state index in [1.165, 1.54) is 30.4 Å². The van der Waals surface area contributed by atoms with Crippen molar-refractivity contribution < 1.29 is 0 Å². The van der Waals surface area contributed by atoms with Crippen molar-refractivity contribution in [3.63, 3.8) is 0 Å². The molecule has 134 valence electrons. The summed E-state index contributed by atoms with van der Waals surface area (Å²) in [6, 6.07) is 21.5. The second-order valence-electron chi connectivity index (χ2n) is 6.47. The molecule has 1 aliphatic heterocycles. The number of benzene rings is 2. The summed E-state index contributed by atoms with van der Waals surface area (Å²) in [5.74, 6) is 0.857. The largest absolute Gasteiger partial charge is 0.387 e. The van der Waals surface area contributed by atoms with Crippen LogP contribution in [0.15, 0.2) is 65.7 Å². The van der Waals surface area contributed by atoms with E-state index >= 15 is 0 Å². The van der Waals surface area contributed by atoms with Gasteiger partial charge in [0.25, 0.3) is 0 Å². The molecule has 0 radical (unpaired) electrons. The predicted molar refractivity (Wildman–Crippen MR) is 113 cm³/mol. The van der Waals surface area contributed by atoms with Gasteiger partial charge >= 0.3 is 0 Å². The topological polar surface area (TPSA) is 38.4 Å². The monoisotopic (exact) mass is 400 g/mol. The van der Waals surface area contributed by atoms with Gasteiger partial charge < -0.3 is 5.73 Å². The molecule has 2 aromatic rings. The van der Waals surface area contributed by atoms with Crippen LogP contribution in [0.2, 0.25) is 0 Å². The van der Waals surface area contributed by atoms with Crippen LogP contribution in [0.5, 0.6) is 0 Å². The Morgan fingerprint density at radius 3 is 2.08 bits per heavy atom. The number of hydrogen-bond donors (Lipinski definition) is 1. The fraction of sp³-hybridized carbons (Fsp3) is 0.409. The molecule has 0 aliphatic carbocycles. The minimum absolute atomic E-state index is 0.447. The molecule has 0 saturated carbocycles. The quantitative estimate of drug-likeness (QED) is 0.656. The first kappa shape index (κ1) is 19.7. The predicted octanol–water partition coefficient (Wildman–Crippen LogP) is 5.54. The molecular formula is C22H29BrN2. The lowest BCUT2D eigenvalue weighted by atomic mass is 10.0. The van der Waals surface area contributed by atoms with Crippen molar-refractivity contribution in [1.82, 2.24) is 0 Å². The van der Waals surface area contributed by atoms with E-state index in [9.17, 15) is 0 Å². The summed E-state index contributed by atoms with van der Waals surface area (Å²) in [5, 5.41) is 1.05. The number of nitrogens with zero attached hydrogens (tertiary/aromatic N) is 1. The highest BCUT2D eigenvalue weighted by molar-refractivity contribution is 9.09. The first-order valence-corrected chi connectivity index (χ1v) is 10.4. The number of aliphatic imine (C=N–C) groups is 1. The van der Waals surface area contributed by atoms with Crippen molar-refractivity contribution in [3.8, 4) is 0 Å². The van der Waals surface area contributed by atoms with Gasteiger partial charge in [-0.2, -0.15) is 0 Å². The number of aryl methyl sites for hydroxylation is 2. The zero-order valence-electron chi connectivity index (χ0n) is 14.9. The Morgan fingerprint density at radius 2 is 1.48 bits per heavy atom. The average Bonchev–Trinajstić information content (AvgIpc) is 2.87. The third-order valence-corrected chi connectivity index (χ3v) is 4.80. The van der Waals surface area contributed by atoms with Gasteiger partial charge in [0.1, 0.15) is 0 Å². The molecule has 1 atom stereocenters. The van der Waals surface area contributed by atoms with Crippen molar-refractivity contribution in [3.05, 3.63) is 71.8 Å². The van der Waals surface area contributed by atoms with Crippen molar-refractivity contribution >= 4 is 21.8 Å². The molecule has 1 heterocycles. The molecule has 3 heteroatoms. The Kier molecular flexibility index (Phi) is 9.35. The van der Waals surface area contributed by atoms with Gasteiger partial charge in [0, 0.05) is 11.8 Å². The number of hydrogen-bond acceptors (Lipinski definition) is 2. The molecule has 2 aromatic carbocycles. The van der Waals surface area contributed by atoms with Gasteiger partial charge in [-0.15, -0.1) is 0 Å². The summed E-state index contributed by atoms with van der Waals surface area (Å²) in [7, 11) is 0. The van der Waals surface area contributed by atoms with Gasteiger partial charge in [-0.1, -0.05) is 83.0 Å². The third-order valence-electron chi connectivity index (χ3n) is 4.40. The maximum atomic E-state index is 5.84. The van der Waals surface area contributed by atoms with E-state index in [1.54, 1.807) is 0 Å². The van der Waals surface area contributed by atoms with Crippen molar-refractivity contribution in [2.24, 2.45) is 10.7 Å². The minimum Gasteiger partial charge on any atom is -0.387 e. The molecule has 3 rings (SSSR count). The maximum Gasteiger partial charge on any atom is 0.0940 e. The lowest BCUT2D eigenvalue weighted by molar-refractivity contribution is 0.553. The van der Waals surface area contributed by atoms with Crippen LogP contribution in [-0.4, -0.2) is 17.2 Å². The van der Waals surface area contributed by atoms with Crippen molar-refractivity contribution in [2.75, 3.05) is 5.33 Å². The Balaban J connectivity index is 0.000000212. The zero-order chi connectivity index (χ0) is 17.7. The van der Waals surface area contributed by atoms with Crippen molar-refractivity contribution in [1.29, 1.82) is 0 Å². The summed E-state index contributed by atoms with van der Waals surface area (Å²) >= 11 is 3.39. The fourth-order valence-corrected chi connectivity index (χ4v) is 3.45. The SMILES string of the molecule is BrCCc1ccccc1.NC1=NC(CCc2ccccc2)CCCC1. The highest BCUT2D eigenvalue weighted by atomic mass is 79.9. The number of halogens is 1. The van der Waals surface area contributed by atoms with E-state index in [2.05, 4.69) is 75.5 Å².